The van der Waals surface area contributed by atoms with Gasteiger partial charge in [-0.2, -0.15) is 0 Å². The molecule has 0 bridgehead atoms. The minimum absolute atomic E-state index is 0.0604. The minimum Gasteiger partial charge on any atom is -0.319 e. The topological polar surface area (TPSA) is 59.8 Å². The maximum Gasteiger partial charge on any atom is 0.295 e. The van der Waals surface area contributed by atoms with E-state index in [2.05, 4.69) is 15.4 Å². The average molecular weight is 451 g/mol. The van der Waals surface area contributed by atoms with Gasteiger partial charge in [-0.25, -0.2) is 9.67 Å². The Hall–Kier alpha value is -3.15. The third kappa shape index (κ3) is 4.33. The summed E-state index contributed by atoms with van der Waals surface area (Å²) >= 11 is 12.1. The van der Waals surface area contributed by atoms with Crippen LogP contribution < -0.4 is 5.32 Å². The Morgan fingerprint density at radius 1 is 0.903 bits per heavy atom. The number of halogens is 2. The molecule has 0 radical (unpaired) electrons. The van der Waals surface area contributed by atoms with E-state index in [1.807, 2.05) is 57.2 Å². The van der Waals surface area contributed by atoms with Crippen molar-refractivity contribution in [2.45, 2.75) is 20.8 Å². The van der Waals surface area contributed by atoms with E-state index in [0.29, 0.717) is 21.6 Å². The van der Waals surface area contributed by atoms with Crippen LogP contribution in [0.15, 0.2) is 60.7 Å². The summed E-state index contributed by atoms with van der Waals surface area (Å²) < 4.78 is 1.70. The molecule has 4 aromatic rings. The smallest absolute Gasteiger partial charge is 0.295 e. The Morgan fingerprint density at radius 2 is 1.61 bits per heavy atom. The third-order valence-corrected chi connectivity index (χ3v) is 5.65. The number of hydrogen-bond donors (Lipinski definition) is 1. The molecule has 1 N–H and O–H groups in total. The van der Waals surface area contributed by atoms with Crippen molar-refractivity contribution in [1.29, 1.82) is 0 Å². The molecule has 0 fully saturated rings. The Morgan fingerprint density at radius 3 is 2.35 bits per heavy atom. The van der Waals surface area contributed by atoms with Gasteiger partial charge in [-0.15, -0.1) is 5.10 Å². The van der Waals surface area contributed by atoms with Gasteiger partial charge in [0.2, 0.25) is 5.82 Å². The summed E-state index contributed by atoms with van der Waals surface area (Å²) in [4.78, 5) is 17.6. The van der Waals surface area contributed by atoms with Gasteiger partial charge < -0.3 is 5.32 Å². The first kappa shape index (κ1) is 21.1. The molecule has 1 heterocycles. The summed E-state index contributed by atoms with van der Waals surface area (Å²) in [7, 11) is 0. The lowest BCUT2D eigenvalue weighted by Crippen LogP contribution is -2.15. The number of hydrogen-bond acceptors (Lipinski definition) is 3. The van der Waals surface area contributed by atoms with Gasteiger partial charge >= 0.3 is 0 Å². The second-order valence-electron chi connectivity index (χ2n) is 7.31. The molecule has 5 nitrogen and oxygen atoms in total. The maximum absolute atomic E-state index is 13.0. The standard InChI is InChI=1S/C24H20Cl2N4O/c1-14-5-4-6-21(16(14)3)30-23(17-8-11-18(25)12-9-17)28-22(29-30)24(31)27-20-13-19(26)10-7-15(20)2/h4-13H,1-3H3,(H,27,31). The number of benzene rings is 3. The van der Waals surface area contributed by atoms with Gasteiger partial charge in [0.25, 0.3) is 5.91 Å². The van der Waals surface area contributed by atoms with E-state index in [1.54, 1.807) is 28.9 Å². The number of carbonyl (C=O) groups excluding carboxylic acids is 1. The molecule has 31 heavy (non-hydrogen) atoms. The second-order valence-corrected chi connectivity index (χ2v) is 8.18. The first-order chi connectivity index (χ1) is 14.8. The number of nitrogens with one attached hydrogen (secondary N) is 1. The van der Waals surface area contributed by atoms with Crippen molar-refractivity contribution in [3.05, 3.63) is 93.2 Å². The molecule has 0 spiro atoms. The van der Waals surface area contributed by atoms with Gasteiger partial charge in [-0.05, 0) is 79.9 Å². The van der Waals surface area contributed by atoms with Gasteiger partial charge in [-0.1, -0.05) is 41.4 Å². The van der Waals surface area contributed by atoms with Crippen molar-refractivity contribution < 1.29 is 4.79 Å². The summed E-state index contributed by atoms with van der Waals surface area (Å²) in [5, 5.41) is 8.58. The van der Waals surface area contributed by atoms with Gasteiger partial charge in [0.05, 0.1) is 5.69 Å². The fourth-order valence-corrected chi connectivity index (χ4v) is 3.53. The van der Waals surface area contributed by atoms with E-state index < -0.39 is 5.91 Å². The molecule has 3 aromatic carbocycles. The highest BCUT2D eigenvalue weighted by atomic mass is 35.5. The second kappa shape index (κ2) is 8.53. The third-order valence-electron chi connectivity index (χ3n) is 5.16. The molecule has 0 aliphatic carbocycles. The Kier molecular flexibility index (Phi) is 5.81. The van der Waals surface area contributed by atoms with E-state index >= 15 is 0 Å². The van der Waals surface area contributed by atoms with E-state index in [1.165, 1.54) is 0 Å². The van der Waals surface area contributed by atoms with Gasteiger partial charge in [-0.3, -0.25) is 4.79 Å². The lowest BCUT2D eigenvalue weighted by molar-refractivity contribution is 0.101. The highest BCUT2D eigenvalue weighted by Crippen LogP contribution is 2.26. The van der Waals surface area contributed by atoms with E-state index in [-0.39, 0.29) is 5.82 Å². The van der Waals surface area contributed by atoms with Gasteiger partial charge in [0.1, 0.15) is 0 Å². The number of aromatic nitrogens is 3. The Labute approximate surface area is 190 Å². The van der Waals surface area contributed by atoms with Crippen LogP contribution in [0, 0.1) is 20.8 Å². The van der Waals surface area contributed by atoms with Crippen LogP contribution in [0.2, 0.25) is 10.0 Å². The fourth-order valence-electron chi connectivity index (χ4n) is 3.23. The zero-order valence-electron chi connectivity index (χ0n) is 17.3. The first-order valence-electron chi connectivity index (χ1n) is 9.70. The highest BCUT2D eigenvalue weighted by molar-refractivity contribution is 6.31. The lowest BCUT2D eigenvalue weighted by atomic mass is 10.1. The van der Waals surface area contributed by atoms with Gasteiger partial charge in [0, 0.05) is 21.3 Å². The average Bonchev–Trinajstić information content (AvgIpc) is 3.18. The number of anilines is 1. The summed E-state index contributed by atoms with van der Waals surface area (Å²) in [6, 6.07) is 18.6. The predicted octanol–water partition coefficient (Wildman–Crippen LogP) is 6.42. The monoisotopic (exact) mass is 450 g/mol. The van der Waals surface area contributed by atoms with Crippen LogP contribution in [0.3, 0.4) is 0 Å². The Bertz CT molecular complexity index is 1280. The molecule has 1 aromatic heterocycles. The molecule has 7 heteroatoms. The van der Waals surface area contributed by atoms with Crippen LogP contribution in [0.4, 0.5) is 5.69 Å². The fraction of sp³-hybridized carbons (Fsp3) is 0.125. The molecule has 0 aliphatic heterocycles. The quantitative estimate of drug-likeness (QED) is 0.390. The van der Waals surface area contributed by atoms with Crippen molar-refractivity contribution in [3.63, 3.8) is 0 Å². The summed E-state index contributed by atoms with van der Waals surface area (Å²) in [6.45, 7) is 5.95. The normalized spacial score (nSPS) is 10.9. The molecule has 0 aliphatic rings. The lowest BCUT2D eigenvalue weighted by Gasteiger charge is -2.11. The van der Waals surface area contributed by atoms with Crippen molar-refractivity contribution in [3.8, 4) is 17.1 Å². The van der Waals surface area contributed by atoms with Crippen LogP contribution in [-0.4, -0.2) is 20.7 Å². The summed E-state index contributed by atoms with van der Waals surface area (Å²) in [5.74, 6) is 0.202. The number of carbonyl (C=O) groups is 1. The Balaban J connectivity index is 1.81. The highest BCUT2D eigenvalue weighted by Gasteiger charge is 2.20. The van der Waals surface area contributed by atoms with Crippen LogP contribution in [0.5, 0.6) is 0 Å². The van der Waals surface area contributed by atoms with E-state index in [9.17, 15) is 4.79 Å². The molecule has 0 saturated carbocycles. The van der Waals surface area contributed by atoms with Crippen LogP contribution in [0.25, 0.3) is 17.1 Å². The maximum atomic E-state index is 13.0. The molecule has 0 unspecified atom stereocenters. The van der Waals surface area contributed by atoms with Gasteiger partial charge in [0.15, 0.2) is 5.82 Å². The molecule has 4 rings (SSSR count). The molecule has 0 atom stereocenters. The summed E-state index contributed by atoms with van der Waals surface area (Å²) in [6.07, 6.45) is 0. The molecule has 1 amide bonds. The van der Waals surface area contributed by atoms with Crippen LogP contribution >= 0.6 is 23.2 Å². The van der Waals surface area contributed by atoms with Crippen LogP contribution in [-0.2, 0) is 0 Å². The number of nitrogens with zero attached hydrogens (tertiary/aromatic N) is 3. The molecular weight excluding hydrogens is 431 g/mol. The first-order valence-corrected chi connectivity index (χ1v) is 10.5. The van der Waals surface area contributed by atoms with Crippen molar-refractivity contribution in [2.24, 2.45) is 0 Å². The largest absolute Gasteiger partial charge is 0.319 e. The molecule has 0 saturated heterocycles. The SMILES string of the molecule is Cc1ccc(Cl)cc1NC(=O)c1nc(-c2ccc(Cl)cc2)n(-c2cccc(C)c2C)n1. The summed E-state index contributed by atoms with van der Waals surface area (Å²) in [5.41, 5.74) is 5.35. The zero-order valence-corrected chi connectivity index (χ0v) is 18.8. The molecular formula is C24H20Cl2N4O. The predicted molar refractivity (Wildman–Crippen MR) is 125 cm³/mol. The number of aryl methyl sites for hydroxylation is 2. The van der Waals surface area contributed by atoms with Crippen molar-refractivity contribution in [2.75, 3.05) is 5.32 Å². The van der Waals surface area contributed by atoms with Crippen molar-refractivity contribution in [1.82, 2.24) is 14.8 Å². The van der Waals surface area contributed by atoms with Crippen LogP contribution in [0.1, 0.15) is 27.3 Å². The minimum atomic E-state index is -0.412. The zero-order chi connectivity index (χ0) is 22.1. The van der Waals surface area contributed by atoms with Crippen molar-refractivity contribution >= 4 is 34.8 Å². The molecule has 156 valence electrons. The van der Waals surface area contributed by atoms with E-state index in [4.69, 9.17) is 23.2 Å². The van der Waals surface area contributed by atoms with E-state index in [0.717, 1.165) is 27.9 Å². The number of amides is 1. The number of rotatable bonds is 4.